The number of nitrogens with two attached hydrogens (primary N) is 1. The van der Waals surface area contributed by atoms with Crippen LogP contribution in [0.5, 0.6) is 0 Å². The molecule has 0 radical (unpaired) electrons. The number of nitrogens with one attached hydrogen (secondary N) is 1. The van der Waals surface area contributed by atoms with Crippen molar-refractivity contribution < 1.29 is 9.59 Å². The van der Waals surface area contributed by atoms with Gasteiger partial charge < -0.3 is 10.3 Å². The summed E-state index contributed by atoms with van der Waals surface area (Å²) in [6, 6.07) is 9.30. The van der Waals surface area contributed by atoms with Crippen molar-refractivity contribution in [1.29, 1.82) is 0 Å². The fraction of sp³-hybridized carbons (Fsp3) is 0.500. The second-order valence-corrected chi connectivity index (χ2v) is 8.54. The summed E-state index contributed by atoms with van der Waals surface area (Å²) < 4.78 is 2.06. The van der Waals surface area contributed by atoms with Crippen LogP contribution in [0.3, 0.4) is 0 Å². The maximum absolute atomic E-state index is 12.5. The van der Waals surface area contributed by atoms with Crippen LogP contribution in [0.25, 0.3) is 0 Å². The van der Waals surface area contributed by atoms with Gasteiger partial charge in [-0.2, -0.15) is 0 Å². The highest BCUT2D eigenvalue weighted by atomic mass is 32.2. The van der Waals surface area contributed by atoms with Crippen molar-refractivity contribution in [2.45, 2.75) is 50.2 Å². The van der Waals surface area contributed by atoms with Crippen LogP contribution in [0.15, 0.2) is 35.5 Å². The lowest BCUT2D eigenvalue weighted by atomic mass is 10.1. The zero-order valence-electron chi connectivity index (χ0n) is 17.6. The van der Waals surface area contributed by atoms with Gasteiger partial charge in [-0.25, -0.2) is 4.79 Å². The number of urea groups is 1. The third-order valence-electron chi connectivity index (χ3n) is 4.58. The number of hydrogen-bond acceptors (Lipinski definition) is 6. The van der Waals surface area contributed by atoms with E-state index in [0.717, 1.165) is 17.8 Å². The van der Waals surface area contributed by atoms with Gasteiger partial charge in [-0.05, 0) is 32.0 Å². The molecule has 158 valence electrons. The highest BCUT2D eigenvalue weighted by Gasteiger charge is 2.29. The number of primary amides is 1. The van der Waals surface area contributed by atoms with E-state index in [2.05, 4.69) is 44.0 Å². The first kappa shape index (κ1) is 22.9. The maximum atomic E-state index is 12.5. The van der Waals surface area contributed by atoms with Gasteiger partial charge in [-0.3, -0.25) is 15.0 Å². The summed E-state index contributed by atoms with van der Waals surface area (Å²) >= 11 is 1.30. The number of rotatable bonds is 9. The van der Waals surface area contributed by atoms with Gasteiger partial charge in [0, 0.05) is 0 Å². The van der Waals surface area contributed by atoms with Gasteiger partial charge in [0.05, 0.1) is 17.8 Å². The van der Waals surface area contributed by atoms with E-state index in [9.17, 15) is 9.59 Å². The lowest BCUT2D eigenvalue weighted by Crippen LogP contribution is -2.42. The molecule has 1 heterocycles. The van der Waals surface area contributed by atoms with Crippen LogP contribution in [0, 0.1) is 5.92 Å². The molecule has 3 N–H and O–H groups in total. The Morgan fingerprint density at radius 1 is 1.21 bits per heavy atom. The molecule has 0 unspecified atom stereocenters. The van der Waals surface area contributed by atoms with Crippen molar-refractivity contribution in [2.24, 2.45) is 11.7 Å². The Balaban J connectivity index is 2.43. The summed E-state index contributed by atoms with van der Waals surface area (Å²) in [6.45, 7) is 6.55. The number of amides is 3. The van der Waals surface area contributed by atoms with Crippen molar-refractivity contribution >= 4 is 23.7 Å². The molecule has 2 rings (SSSR count). The Hall–Kier alpha value is -2.39. The van der Waals surface area contributed by atoms with E-state index < -0.39 is 17.2 Å². The molecule has 9 heteroatoms. The van der Waals surface area contributed by atoms with Crippen molar-refractivity contribution in [3.8, 4) is 0 Å². The predicted octanol–water partition coefficient (Wildman–Crippen LogP) is 2.65. The number of imide groups is 1. The normalized spacial score (nSPS) is 13.5. The van der Waals surface area contributed by atoms with Crippen LogP contribution in [-0.2, 0) is 11.3 Å². The molecule has 0 saturated heterocycles. The largest absolute Gasteiger partial charge is 0.351 e. The molecule has 3 amide bonds. The van der Waals surface area contributed by atoms with Gasteiger partial charge in [-0.1, -0.05) is 62.9 Å². The SMILES string of the molecule is CC[C@H](c1nnc(S[C@@H](C(=O)NC(N)=O)C(C)C)n1Cc1ccccc1)N(C)C. The molecule has 0 aliphatic rings. The number of carbonyl (C=O) groups excluding carboxylic acids is 2. The quantitative estimate of drug-likeness (QED) is 0.607. The topological polar surface area (TPSA) is 106 Å². The lowest BCUT2D eigenvalue weighted by molar-refractivity contribution is -0.120. The highest BCUT2D eigenvalue weighted by molar-refractivity contribution is 8.00. The first-order valence-electron chi connectivity index (χ1n) is 9.65. The number of hydrogen-bond donors (Lipinski definition) is 2. The molecule has 2 aromatic rings. The molecule has 2 atom stereocenters. The van der Waals surface area contributed by atoms with Crippen LogP contribution in [0.4, 0.5) is 4.79 Å². The predicted molar refractivity (Wildman–Crippen MR) is 114 cm³/mol. The number of thioether (sulfide) groups is 1. The Morgan fingerprint density at radius 3 is 2.38 bits per heavy atom. The zero-order valence-corrected chi connectivity index (χ0v) is 18.4. The smallest absolute Gasteiger partial charge is 0.318 e. The zero-order chi connectivity index (χ0) is 21.6. The van der Waals surface area contributed by atoms with Gasteiger partial charge in [0.2, 0.25) is 5.91 Å². The minimum atomic E-state index is -0.855. The molecule has 0 fully saturated rings. The van der Waals surface area contributed by atoms with E-state index in [1.54, 1.807) is 0 Å². The maximum Gasteiger partial charge on any atom is 0.318 e. The first-order valence-corrected chi connectivity index (χ1v) is 10.5. The van der Waals surface area contributed by atoms with E-state index in [-0.39, 0.29) is 12.0 Å². The first-order chi connectivity index (χ1) is 13.7. The third-order valence-corrected chi connectivity index (χ3v) is 6.10. The molecule has 1 aromatic heterocycles. The lowest BCUT2D eigenvalue weighted by Gasteiger charge is -2.24. The Bertz CT molecular complexity index is 822. The van der Waals surface area contributed by atoms with Crippen LogP contribution in [-0.4, -0.2) is 50.9 Å². The molecule has 1 aromatic carbocycles. The van der Waals surface area contributed by atoms with Crippen LogP contribution >= 0.6 is 11.8 Å². The van der Waals surface area contributed by atoms with Crippen molar-refractivity contribution in [3.05, 3.63) is 41.7 Å². The Labute approximate surface area is 176 Å². The van der Waals surface area contributed by atoms with E-state index in [1.807, 2.05) is 46.1 Å². The van der Waals surface area contributed by atoms with Gasteiger partial charge in [0.1, 0.15) is 0 Å². The van der Waals surface area contributed by atoms with Gasteiger partial charge in [0.25, 0.3) is 0 Å². The summed E-state index contributed by atoms with van der Waals surface area (Å²) in [5, 5.41) is 11.2. The summed E-state index contributed by atoms with van der Waals surface area (Å²) in [6.07, 6.45) is 0.875. The van der Waals surface area contributed by atoms with Gasteiger partial charge in [-0.15, -0.1) is 10.2 Å². The van der Waals surface area contributed by atoms with Crippen molar-refractivity contribution in [3.63, 3.8) is 0 Å². The summed E-state index contributed by atoms with van der Waals surface area (Å²) in [5.74, 6) is 0.398. The van der Waals surface area contributed by atoms with E-state index >= 15 is 0 Å². The molecule has 0 bridgehead atoms. The number of benzene rings is 1. The Kier molecular flexibility index (Phi) is 8.21. The molecular formula is C20H30N6O2S. The van der Waals surface area contributed by atoms with Gasteiger partial charge >= 0.3 is 6.03 Å². The average molecular weight is 419 g/mol. The van der Waals surface area contributed by atoms with Crippen LogP contribution < -0.4 is 11.1 Å². The third kappa shape index (κ3) is 6.04. The molecule has 0 aliphatic heterocycles. The summed E-state index contributed by atoms with van der Waals surface area (Å²) in [7, 11) is 4.03. The molecule has 8 nitrogen and oxygen atoms in total. The number of carbonyl (C=O) groups is 2. The highest BCUT2D eigenvalue weighted by Crippen LogP contribution is 2.31. The van der Waals surface area contributed by atoms with E-state index in [4.69, 9.17) is 5.73 Å². The van der Waals surface area contributed by atoms with Crippen LogP contribution in [0.2, 0.25) is 0 Å². The second-order valence-electron chi connectivity index (χ2n) is 7.44. The molecule has 0 spiro atoms. The molecule has 29 heavy (non-hydrogen) atoms. The molecule has 0 saturated carbocycles. The monoisotopic (exact) mass is 418 g/mol. The van der Waals surface area contributed by atoms with Gasteiger partial charge in [0.15, 0.2) is 11.0 Å². The summed E-state index contributed by atoms with van der Waals surface area (Å²) in [5.41, 5.74) is 6.25. The van der Waals surface area contributed by atoms with Crippen molar-refractivity contribution in [1.82, 2.24) is 25.0 Å². The molecular weight excluding hydrogens is 388 g/mol. The second kappa shape index (κ2) is 10.4. The van der Waals surface area contributed by atoms with E-state index in [0.29, 0.717) is 11.7 Å². The fourth-order valence-corrected chi connectivity index (χ4v) is 4.16. The standard InChI is InChI=1S/C20H30N6O2S/c1-6-15(25(4)5)17-23-24-20(26(17)12-14-10-8-7-9-11-14)29-16(13(2)3)18(27)22-19(21)28/h7-11,13,15-16H,6,12H2,1-5H3,(H3,21,22,27,28)/t15-,16-/m1/s1. The molecule has 0 aliphatic carbocycles. The average Bonchev–Trinajstić information content (AvgIpc) is 3.02. The van der Waals surface area contributed by atoms with Crippen LogP contribution in [0.1, 0.15) is 44.6 Å². The number of nitrogens with zero attached hydrogens (tertiary/aromatic N) is 4. The van der Waals surface area contributed by atoms with E-state index in [1.165, 1.54) is 11.8 Å². The van der Waals surface area contributed by atoms with Crippen molar-refractivity contribution in [2.75, 3.05) is 14.1 Å². The fourth-order valence-electron chi connectivity index (χ4n) is 3.13. The summed E-state index contributed by atoms with van der Waals surface area (Å²) in [4.78, 5) is 25.7. The number of aromatic nitrogens is 3. The minimum absolute atomic E-state index is 0.0273. The Morgan fingerprint density at radius 2 is 1.86 bits per heavy atom. The minimum Gasteiger partial charge on any atom is -0.351 e.